The Bertz CT molecular complexity index is 799. The molecular formula is C19H27N7O2. The van der Waals surface area contributed by atoms with Crippen LogP contribution in [0.5, 0.6) is 0 Å². The summed E-state index contributed by atoms with van der Waals surface area (Å²) in [6, 6.07) is 7.45. The van der Waals surface area contributed by atoms with Gasteiger partial charge in [-0.1, -0.05) is 18.9 Å². The Morgan fingerprint density at radius 2 is 1.96 bits per heavy atom. The summed E-state index contributed by atoms with van der Waals surface area (Å²) in [5.74, 6) is -1.54. The zero-order valence-electron chi connectivity index (χ0n) is 16.2. The normalized spacial score (nSPS) is 21.6. The van der Waals surface area contributed by atoms with Gasteiger partial charge in [-0.2, -0.15) is 0 Å². The topological polar surface area (TPSA) is 124 Å². The van der Waals surface area contributed by atoms with Gasteiger partial charge in [0.2, 0.25) is 0 Å². The molecule has 6 N–H and O–H groups in total. The van der Waals surface area contributed by atoms with Gasteiger partial charge in [0.25, 0.3) is 11.8 Å². The van der Waals surface area contributed by atoms with E-state index in [1.807, 2.05) is 24.3 Å². The van der Waals surface area contributed by atoms with Crippen LogP contribution < -0.4 is 27.0 Å². The molecule has 0 radical (unpaired) electrons. The molecule has 9 heteroatoms. The number of urea groups is 1. The Labute approximate surface area is 164 Å². The van der Waals surface area contributed by atoms with Gasteiger partial charge in [-0.15, -0.1) is 0 Å². The Morgan fingerprint density at radius 1 is 1.25 bits per heavy atom. The van der Waals surface area contributed by atoms with E-state index < -0.39 is 11.8 Å². The molecular weight excluding hydrogens is 358 g/mol. The molecule has 1 atom stereocenters. The highest BCUT2D eigenvalue weighted by molar-refractivity contribution is 6.11. The monoisotopic (exact) mass is 385 g/mol. The van der Waals surface area contributed by atoms with Crippen LogP contribution in [0.15, 0.2) is 41.0 Å². The number of nitrogens with two attached hydrogens (primary N) is 1. The van der Waals surface area contributed by atoms with E-state index in [2.05, 4.69) is 26.3 Å². The van der Waals surface area contributed by atoms with E-state index in [9.17, 15) is 9.59 Å². The largest absolute Gasteiger partial charge is 0.366 e. The lowest BCUT2D eigenvalue weighted by molar-refractivity contribution is -0.114. The molecule has 9 nitrogen and oxygen atoms in total. The second-order valence-electron chi connectivity index (χ2n) is 7.23. The number of benzene rings is 1. The maximum Gasteiger partial charge on any atom is 0.321 e. The maximum absolute atomic E-state index is 11.9. The fourth-order valence-electron chi connectivity index (χ4n) is 3.23. The molecule has 0 spiro atoms. The Hall–Kier alpha value is -3.07. The summed E-state index contributed by atoms with van der Waals surface area (Å²) < 4.78 is 0. The molecule has 3 amide bonds. The van der Waals surface area contributed by atoms with Gasteiger partial charge >= 0.3 is 6.03 Å². The number of hydrogen-bond donors (Lipinski definition) is 5. The minimum atomic E-state index is -1.00. The van der Waals surface area contributed by atoms with Gasteiger partial charge in [0.1, 0.15) is 0 Å². The van der Waals surface area contributed by atoms with Crippen LogP contribution in [0.1, 0.15) is 25.7 Å². The van der Waals surface area contributed by atoms with Crippen molar-refractivity contribution in [2.24, 2.45) is 10.7 Å². The van der Waals surface area contributed by atoms with Crippen molar-refractivity contribution < 1.29 is 9.59 Å². The molecule has 0 saturated heterocycles. The Balaban J connectivity index is 1.79. The molecule has 1 aliphatic carbocycles. The molecule has 1 fully saturated rings. The minimum absolute atomic E-state index is 0.209. The number of hydrogen-bond acceptors (Lipinski definition) is 6. The van der Waals surface area contributed by atoms with E-state index in [0.29, 0.717) is 17.3 Å². The van der Waals surface area contributed by atoms with Crippen LogP contribution in [0.25, 0.3) is 0 Å². The van der Waals surface area contributed by atoms with Crippen molar-refractivity contribution in [3.63, 3.8) is 0 Å². The second-order valence-corrected chi connectivity index (χ2v) is 7.23. The standard InChI is InChI=1S/C19H27N7O2/c1-26(2)18(28)23-15-8-5-9-16(10-15)25-19(24-14-6-3-4-7-14)21-11-13(12-22-19)17(20)27/h5,8-12,14,21,24-25H,3-4,6-7H2,1-2H3,(H2,20,27)(H,23,28). The molecule has 0 aromatic heterocycles. The van der Waals surface area contributed by atoms with Crippen LogP contribution in [0.2, 0.25) is 0 Å². The molecule has 28 heavy (non-hydrogen) atoms. The molecule has 1 saturated carbocycles. The van der Waals surface area contributed by atoms with Crippen LogP contribution in [0.3, 0.4) is 0 Å². The van der Waals surface area contributed by atoms with Crippen molar-refractivity contribution in [3.8, 4) is 0 Å². The lowest BCUT2D eigenvalue weighted by Gasteiger charge is -2.37. The van der Waals surface area contributed by atoms with E-state index in [-0.39, 0.29) is 6.03 Å². The van der Waals surface area contributed by atoms with Gasteiger partial charge in [0, 0.05) is 43.9 Å². The van der Waals surface area contributed by atoms with Gasteiger partial charge in [0.05, 0.1) is 5.57 Å². The third-order valence-electron chi connectivity index (χ3n) is 4.73. The number of rotatable bonds is 6. The third kappa shape index (κ3) is 4.80. The van der Waals surface area contributed by atoms with Crippen molar-refractivity contribution in [2.75, 3.05) is 24.7 Å². The van der Waals surface area contributed by atoms with Gasteiger partial charge in [0.15, 0.2) is 0 Å². The summed E-state index contributed by atoms with van der Waals surface area (Å²) in [6.07, 6.45) is 7.49. The average molecular weight is 385 g/mol. The van der Waals surface area contributed by atoms with E-state index in [1.54, 1.807) is 20.3 Å². The highest BCUT2D eigenvalue weighted by atomic mass is 16.2. The number of nitrogens with one attached hydrogen (secondary N) is 4. The first-order valence-corrected chi connectivity index (χ1v) is 9.34. The Morgan fingerprint density at radius 3 is 2.57 bits per heavy atom. The average Bonchev–Trinajstić information content (AvgIpc) is 3.15. The van der Waals surface area contributed by atoms with Gasteiger partial charge < -0.3 is 26.6 Å². The first-order valence-electron chi connectivity index (χ1n) is 9.34. The first-order chi connectivity index (χ1) is 13.4. The predicted octanol–water partition coefficient (Wildman–Crippen LogP) is 1.38. The minimum Gasteiger partial charge on any atom is -0.366 e. The number of aliphatic imine (C=N–C) groups is 1. The van der Waals surface area contributed by atoms with Gasteiger partial charge in [-0.3, -0.25) is 10.1 Å². The summed E-state index contributed by atoms with van der Waals surface area (Å²) in [5, 5.41) is 12.8. The van der Waals surface area contributed by atoms with E-state index in [1.165, 1.54) is 24.0 Å². The molecule has 1 heterocycles. The summed E-state index contributed by atoms with van der Waals surface area (Å²) in [5.41, 5.74) is 7.05. The smallest absolute Gasteiger partial charge is 0.321 e. The fraction of sp³-hybridized carbons (Fsp3) is 0.421. The highest BCUT2D eigenvalue weighted by Crippen LogP contribution is 2.24. The highest BCUT2D eigenvalue weighted by Gasteiger charge is 2.34. The van der Waals surface area contributed by atoms with Crippen LogP contribution in [0, 0.1) is 0 Å². The molecule has 2 aliphatic rings. The Kier molecular flexibility index (Phi) is 5.84. The molecule has 1 unspecified atom stereocenters. The van der Waals surface area contributed by atoms with Crippen molar-refractivity contribution in [2.45, 2.75) is 37.6 Å². The zero-order valence-corrected chi connectivity index (χ0v) is 16.2. The molecule has 3 rings (SSSR count). The molecule has 1 aliphatic heterocycles. The first kappa shape index (κ1) is 19.7. The molecule has 1 aromatic carbocycles. The molecule has 1 aromatic rings. The number of carbonyl (C=O) groups excluding carboxylic acids is 2. The summed E-state index contributed by atoms with van der Waals surface area (Å²) in [4.78, 5) is 29.3. The SMILES string of the molecule is CN(C)C(=O)Nc1cccc(NC2(NC3CCCC3)N=CC(C(N)=O)=CN2)c1. The zero-order chi connectivity index (χ0) is 20.1. The van der Waals surface area contributed by atoms with Crippen LogP contribution in [-0.4, -0.2) is 49.1 Å². The third-order valence-corrected chi connectivity index (χ3v) is 4.73. The molecule has 0 bridgehead atoms. The lowest BCUT2D eigenvalue weighted by atomic mass is 10.2. The van der Waals surface area contributed by atoms with E-state index in [0.717, 1.165) is 18.5 Å². The van der Waals surface area contributed by atoms with Crippen LogP contribution in [0.4, 0.5) is 16.2 Å². The van der Waals surface area contributed by atoms with Crippen molar-refractivity contribution in [1.29, 1.82) is 0 Å². The number of nitrogens with zero attached hydrogens (tertiary/aromatic N) is 2. The quantitative estimate of drug-likeness (QED) is 0.473. The van der Waals surface area contributed by atoms with Crippen molar-refractivity contribution in [1.82, 2.24) is 15.5 Å². The van der Waals surface area contributed by atoms with Gasteiger partial charge in [-0.25, -0.2) is 9.79 Å². The van der Waals surface area contributed by atoms with Gasteiger partial charge in [-0.05, 0) is 31.0 Å². The van der Waals surface area contributed by atoms with Crippen LogP contribution >= 0.6 is 0 Å². The van der Waals surface area contributed by atoms with E-state index >= 15 is 0 Å². The number of amides is 3. The number of anilines is 2. The molecule has 150 valence electrons. The number of primary amides is 1. The van der Waals surface area contributed by atoms with Crippen molar-refractivity contribution >= 4 is 29.5 Å². The lowest BCUT2D eigenvalue weighted by Crippen LogP contribution is -2.63. The summed E-state index contributed by atoms with van der Waals surface area (Å²) in [7, 11) is 3.36. The van der Waals surface area contributed by atoms with E-state index in [4.69, 9.17) is 5.73 Å². The summed E-state index contributed by atoms with van der Waals surface area (Å²) in [6.45, 7) is 0. The fourth-order valence-corrected chi connectivity index (χ4v) is 3.23. The van der Waals surface area contributed by atoms with Crippen molar-refractivity contribution in [3.05, 3.63) is 36.0 Å². The van der Waals surface area contributed by atoms with Crippen LogP contribution in [-0.2, 0) is 4.79 Å². The second kappa shape index (κ2) is 8.30. The number of carbonyl (C=O) groups is 2. The summed E-state index contributed by atoms with van der Waals surface area (Å²) >= 11 is 0. The maximum atomic E-state index is 11.9. The predicted molar refractivity (Wildman–Crippen MR) is 110 cm³/mol.